The zero-order chi connectivity index (χ0) is 15.3. The third-order valence-corrected chi connectivity index (χ3v) is 3.38. The zero-order valence-electron chi connectivity index (χ0n) is 11.9. The van der Waals surface area contributed by atoms with Crippen LogP contribution in [0.1, 0.15) is 18.5 Å². The van der Waals surface area contributed by atoms with Crippen LogP contribution < -0.4 is 15.2 Å². The van der Waals surface area contributed by atoms with Crippen molar-refractivity contribution in [3.05, 3.63) is 22.2 Å². The van der Waals surface area contributed by atoms with E-state index in [0.29, 0.717) is 21.5 Å². The quantitative estimate of drug-likeness (QED) is 0.761. The number of carbonyl (C=O) groups is 1. The second-order valence-electron chi connectivity index (χ2n) is 3.91. The van der Waals surface area contributed by atoms with Crippen molar-refractivity contribution >= 4 is 34.3 Å². The van der Waals surface area contributed by atoms with Gasteiger partial charge in [-0.3, -0.25) is 0 Å². The van der Waals surface area contributed by atoms with Crippen LogP contribution in [-0.4, -0.2) is 33.0 Å². The Morgan fingerprint density at radius 3 is 2.33 bits per heavy atom. The molecule has 21 heavy (non-hydrogen) atoms. The van der Waals surface area contributed by atoms with E-state index in [4.69, 9.17) is 15.2 Å². The standard InChI is InChI=1S/C13H17BrFNO4.ClH/c1-4-20-13(17)11(15)12(16)7-5-9(18-2)10(19-3)6-8(7)14;/h5-6,11-12H,4,16H2,1-3H3;1H/t11?,12-;/m0./s1. The van der Waals surface area contributed by atoms with Crippen molar-refractivity contribution in [2.75, 3.05) is 20.8 Å². The molecule has 2 N–H and O–H groups in total. The average Bonchev–Trinajstić information content (AvgIpc) is 2.45. The molecular weight excluding hydrogens is 369 g/mol. The molecule has 2 atom stereocenters. The minimum atomic E-state index is -1.95. The van der Waals surface area contributed by atoms with Crippen LogP contribution in [0.25, 0.3) is 0 Å². The maximum atomic E-state index is 14.0. The first-order valence-corrected chi connectivity index (χ1v) is 6.73. The van der Waals surface area contributed by atoms with Crippen molar-refractivity contribution < 1.29 is 23.4 Å². The predicted molar refractivity (Wildman–Crippen MR) is 83.0 cm³/mol. The van der Waals surface area contributed by atoms with E-state index in [2.05, 4.69) is 20.7 Å². The molecule has 0 aliphatic rings. The summed E-state index contributed by atoms with van der Waals surface area (Å²) < 4.78 is 29.4. The number of rotatable bonds is 6. The highest BCUT2D eigenvalue weighted by atomic mass is 79.9. The molecule has 0 amide bonds. The van der Waals surface area contributed by atoms with Crippen LogP contribution in [0.5, 0.6) is 11.5 Å². The lowest BCUT2D eigenvalue weighted by atomic mass is 10.0. The molecule has 0 aliphatic heterocycles. The first-order valence-electron chi connectivity index (χ1n) is 5.93. The second kappa shape index (κ2) is 9.07. The fourth-order valence-corrected chi connectivity index (χ4v) is 2.24. The molecule has 120 valence electrons. The van der Waals surface area contributed by atoms with Gasteiger partial charge in [0.1, 0.15) is 0 Å². The van der Waals surface area contributed by atoms with Gasteiger partial charge in [0.25, 0.3) is 0 Å². The minimum absolute atomic E-state index is 0. The summed E-state index contributed by atoms with van der Waals surface area (Å²) in [4.78, 5) is 11.4. The van der Waals surface area contributed by atoms with E-state index in [1.165, 1.54) is 20.3 Å². The normalized spacial score (nSPS) is 12.9. The molecule has 0 fully saturated rings. The number of benzene rings is 1. The average molecular weight is 387 g/mol. The van der Waals surface area contributed by atoms with E-state index in [0.717, 1.165) is 0 Å². The van der Waals surface area contributed by atoms with Gasteiger partial charge in [0, 0.05) is 4.47 Å². The van der Waals surface area contributed by atoms with Gasteiger partial charge in [0.2, 0.25) is 6.17 Å². The van der Waals surface area contributed by atoms with Gasteiger partial charge in [-0.25, -0.2) is 9.18 Å². The minimum Gasteiger partial charge on any atom is -0.493 e. The molecule has 0 saturated carbocycles. The topological polar surface area (TPSA) is 70.8 Å². The number of hydrogen-bond acceptors (Lipinski definition) is 5. The molecule has 0 aromatic heterocycles. The van der Waals surface area contributed by atoms with Crippen LogP contribution in [-0.2, 0) is 9.53 Å². The van der Waals surface area contributed by atoms with E-state index >= 15 is 0 Å². The molecule has 5 nitrogen and oxygen atoms in total. The van der Waals surface area contributed by atoms with Crippen molar-refractivity contribution in [2.24, 2.45) is 5.73 Å². The Bertz CT molecular complexity index is 489. The largest absolute Gasteiger partial charge is 0.493 e. The fraction of sp³-hybridized carbons (Fsp3) is 0.462. The van der Waals surface area contributed by atoms with Crippen molar-refractivity contribution in [1.82, 2.24) is 0 Å². The Balaban J connectivity index is 0.00000400. The second-order valence-corrected chi connectivity index (χ2v) is 4.76. The Kier molecular flexibility index (Phi) is 8.61. The lowest BCUT2D eigenvalue weighted by Crippen LogP contribution is -2.31. The number of halogens is 3. The number of alkyl halides is 1. The highest BCUT2D eigenvalue weighted by Crippen LogP contribution is 2.36. The van der Waals surface area contributed by atoms with Gasteiger partial charge in [-0.05, 0) is 24.6 Å². The van der Waals surface area contributed by atoms with Gasteiger partial charge in [-0.2, -0.15) is 0 Å². The number of hydrogen-bond donors (Lipinski definition) is 1. The summed E-state index contributed by atoms with van der Waals surface area (Å²) >= 11 is 3.27. The Morgan fingerprint density at radius 1 is 1.33 bits per heavy atom. The van der Waals surface area contributed by atoms with E-state index < -0.39 is 18.2 Å². The SMILES string of the molecule is CCOC(=O)C(F)[C@@H](N)c1cc(OC)c(OC)cc1Br.Cl. The summed E-state index contributed by atoms with van der Waals surface area (Å²) in [5.74, 6) is -0.110. The van der Waals surface area contributed by atoms with Crippen LogP contribution in [0.4, 0.5) is 4.39 Å². The first-order chi connectivity index (χ1) is 9.46. The molecule has 8 heteroatoms. The molecule has 0 radical (unpaired) electrons. The van der Waals surface area contributed by atoms with Gasteiger partial charge < -0.3 is 19.9 Å². The van der Waals surface area contributed by atoms with Crippen LogP contribution >= 0.6 is 28.3 Å². The predicted octanol–water partition coefficient (Wildman–Crippen LogP) is 2.79. The van der Waals surface area contributed by atoms with Gasteiger partial charge in [0.15, 0.2) is 11.5 Å². The third-order valence-electron chi connectivity index (χ3n) is 2.69. The Hall–Kier alpha value is -1.05. The smallest absolute Gasteiger partial charge is 0.342 e. The summed E-state index contributed by atoms with van der Waals surface area (Å²) in [7, 11) is 2.94. The maximum Gasteiger partial charge on any atom is 0.342 e. The monoisotopic (exact) mass is 385 g/mol. The molecular formula is C13H18BrClFNO4. The number of nitrogens with two attached hydrogens (primary N) is 1. The number of methoxy groups -OCH3 is 2. The Labute approximate surface area is 137 Å². The summed E-state index contributed by atoms with van der Waals surface area (Å²) in [6, 6.07) is 1.97. The van der Waals surface area contributed by atoms with Crippen LogP contribution in [0.2, 0.25) is 0 Å². The first kappa shape index (κ1) is 19.9. The van der Waals surface area contributed by atoms with Crippen molar-refractivity contribution in [3.8, 4) is 11.5 Å². The van der Waals surface area contributed by atoms with Gasteiger partial charge in [-0.1, -0.05) is 15.9 Å². The molecule has 1 rings (SSSR count). The molecule has 0 saturated heterocycles. The van der Waals surface area contributed by atoms with E-state index in [1.807, 2.05) is 0 Å². The highest BCUT2D eigenvalue weighted by Gasteiger charge is 2.30. The molecule has 1 unspecified atom stereocenters. The van der Waals surface area contributed by atoms with Gasteiger partial charge >= 0.3 is 5.97 Å². The summed E-state index contributed by atoms with van der Waals surface area (Å²) in [6.07, 6.45) is -1.95. The fourth-order valence-electron chi connectivity index (χ4n) is 1.65. The molecule has 0 spiro atoms. The molecule has 0 heterocycles. The van der Waals surface area contributed by atoms with Gasteiger partial charge in [-0.15, -0.1) is 12.4 Å². The van der Waals surface area contributed by atoms with Crippen molar-refractivity contribution in [3.63, 3.8) is 0 Å². The van der Waals surface area contributed by atoms with Crippen LogP contribution in [0, 0.1) is 0 Å². The van der Waals surface area contributed by atoms with Crippen molar-refractivity contribution in [2.45, 2.75) is 19.1 Å². The van der Waals surface area contributed by atoms with E-state index in [1.54, 1.807) is 13.0 Å². The summed E-state index contributed by atoms with van der Waals surface area (Å²) in [5.41, 5.74) is 6.18. The molecule has 1 aromatic carbocycles. The summed E-state index contributed by atoms with van der Waals surface area (Å²) in [5, 5.41) is 0. The van der Waals surface area contributed by atoms with Crippen LogP contribution in [0.15, 0.2) is 16.6 Å². The number of esters is 1. The number of carbonyl (C=O) groups excluding carboxylic acids is 1. The zero-order valence-corrected chi connectivity index (χ0v) is 14.3. The maximum absolute atomic E-state index is 14.0. The highest BCUT2D eigenvalue weighted by molar-refractivity contribution is 9.10. The molecule has 0 bridgehead atoms. The third kappa shape index (κ3) is 4.72. The van der Waals surface area contributed by atoms with E-state index in [-0.39, 0.29) is 19.0 Å². The molecule has 0 aliphatic carbocycles. The Morgan fingerprint density at radius 2 is 1.86 bits per heavy atom. The van der Waals surface area contributed by atoms with Crippen molar-refractivity contribution in [1.29, 1.82) is 0 Å². The number of ether oxygens (including phenoxy) is 3. The van der Waals surface area contributed by atoms with E-state index in [9.17, 15) is 9.18 Å². The lowest BCUT2D eigenvalue weighted by molar-refractivity contribution is -0.149. The molecule has 1 aromatic rings. The van der Waals surface area contributed by atoms with Crippen LogP contribution in [0.3, 0.4) is 0 Å². The lowest BCUT2D eigenvalue weighted by Gasteiger charge is -2.19. The van der Waals surface area contributed by atoms with Gasteiger partial charge in [0.05, 0.1) is 26.9 Å². The summed E-state index contributed by atoms with van der Waals surface area (Å²) in [6.45, 7) is 1.70.